The monoisotopic (exact) mass is 487 g/mol. The summed E-state index contributed by atoms with van der Waals surface area (Å²) in [6.07, 6.45) is 7.13. The zero-order chi connectivity index (χ0) is 25.7. The molecular formula is C28H29N3O5. The lowest BCUT2D eigenvalue weighted by Crippen LogP contribution is -2.23. The summed E-state index contributed by atoms with van der Waals surface area (Å²) in [6.45, 7) is 2.35. The maximum Gasteiger partial charge on any atom is 0.224 e. The van der Waals surface area contributed by atoms with Crippen LogP contribution in [0.15, 0.2) is 54.5 Å². The van der Waals surface area contributed by atoms with E-state index in [1.807, 2.05) is 37.3 Å². The van der Waals surface area contributed by atoms with E-state index < -0.39 is 0 Å². The minimum absolute atomic E-state index is 0.0993. The van der Waals surface area contributed by atoms with Crippen molar-refractivity contribution in [3.8, 4) is 23.0 Å². The Bertz CT molecular complexity index is 1310. The molecule has 0 saturated heterocycles. The molecule has 0 radical (unpaired) electrons. The Balaban J connectivity index is 1.71. The summed E-state index contributed by atoms with van der Waals surface area (Å²) >= 11 is 0. The van der Waals surface area contributed by atoms with Gasteiger partial charge in [0.15, 0.2) is 11.5 Å². The summed E-state index contributed by atoms with van der Waals surface area (Å²) in [5.41, 5.74) is 6.56. The first kappa shape index (κ1) is 24.8. The van der Waals surface area contributed by atoms with Crippen LogP contribution in [0, 0.1) is 0 Å². The maximum atomic E-state index is 12.9. The van der Waals surface area contributed by atoms with E-state index >= 15 is 0 Å². The van der Waals surface area contributed by atoms with Crippen LogP contribution in [0.4, 0.5) is 0 Å². The number of nitrogens with one attached hydrogen (secondary N) is 1. The zero-order valence-electron chi connectivity index (χ0n) is 21.0. The number of aromatic nitrogens is 2. The van der Waals surface area contributed by atoms with Gasteiger partial charge in [0.25, 0.3) is 0 Å². The summed E-state index contributed by atoms with van der Waals surface area (Å²) in [5, 5.41) is 2.94. The van der Waals surface area contributed by atoms with Gasteiger partial charge in [0.05, 0.1) is 53.3 Å². The minimum atomic E-state index is -0.0993. The fourth-order valence-corrected chi connectivity index (χ4v) is 4.30. The van der Waals surface area contributed by atoms with Crippen molar-refractivity contribution in [2.45, 2.75) is 19.9 Å². The van der Waals surface area contributed by atoms with E-state index in [0.717, 1.165) is 39.2 Å². The van der Waals surface area contributed by atoms with Gasteiger partial charge in [-0.25, -0.2) is 0 Å². The molecule has 0 spiro atoms. The van der Waals surface area contributed by atoms with Gasteiger partial charge in [-0.05, 0) is 70.7 Å². The standard InChI is InChI=1S/C28H29N3O5/c1-17-22(10-18-11-25(34-3)28(36-5)26(12-18)35-4)21-7-6-20(33-2)13-24(21)23(17)14-27(32)31-16-19-15-29-8-9-30-19/h6-13,15H,14,16H2,1-5H3,(H,31,32). The second kappa shape index (κ2) is 10.9. The normalized spacial score (nSPS) is 13.4. The van der Waals surface area contributed by atoms with Gasteiger partial charge in [-0.1, -0.05) is 6.07 Å². The van der Waals surface area contributed by atoms with Crippen molar-refractivity contribution in [1.82, 2.24) is 15.3 Å². The molecule has 1 aliphatic carbocycles. The van der Waals surface area contributed by atoms with E-state index in [2.05, 4.69) is 21.4 Å². The Hall–Kier alpha value is -4.33. The van der Waals surface area contributed by atoms with Gasteiger partial charge in [0.2, 0.25) is 11.7 Å². The number of amides is 1. The lowest BCUT2D eigenvalue weighted by Gasteiger charge is -2.13. The van der Waals surface area contributed by atoms with Crippen LogP contribution in [0.25, 0.3) is 17.2 Å². The molecular weight excluding hydrogens is 458 g/mol. The van der Waals surface area contributed by atoms with E-state index in [1.165, 1.54) is 0 Å². The number of hydrogen-bond donors (Lipinski definition) is 1. The van der Waals surface area contributed by atoms with E-state index in [-0.39, 0.29) is 12.3 Å². The average molecular weight is 488 g/mol. The van der Waals surface area contributed by atoms with Crippen molar-refractivity contribution in [2.75, 3.05) is 28.4 Å². The van der Waals surface area contributed by atoms with Gasteiger partial charge >= 0.3 is 0 Å². The summed E-state index contributed by atoms with van der Waals surface area (Å²) in [6, 6.07) is 9.71. The van der Waals surface area contributed by atoms with Gasteiger partial charge < -0.3 is 24.3 Å². The van der Waals surface area contributed by atoms with Crippen LogP contribution in [0.3, 0.4) is 0 Å². The first-order valence-corrected chi connectivity index (χ1v) is 11.4. The van der Waals surface area contributed by atoms with Crippen molar-refractivity contribution < 1.29 is 23.7 Å². The molecule has 0 atom stereocenters. The van der Waals surface area contributed by atoms with Crippen LogP contribution in [0.5, 0.6) is 23.0 Å². The molecule has 0 bridgehead atoms. The van der Waals surface area contributed by atoms with Crippen molar-refractivity contribution in [2.24, 2.45) is 0 Å². The first-order valence-electron chi connectivity index (χ1n) is 11.4. The topological polar surface area (TPSA) is 91.8 Å². The van der Waals surface area contributed by atoms with Crippen molar-refractivity contribution in [3.63, 3.8) is 0 Å². The third kappa shape index (κ3) is 5.02. The molecule has 1 heterocycles. The highest BCUT2D eigenvalue weighted by atomic mass is 16.5. The maximum absolute atomic E-state index is 12.9. The number of fused-ring (bicyclic) bond motifs is 1. The van der Waals surface area contributed by atoms with Gasteiger partial charge in [-0.15, -0.1) is 0 Å². The number of carbonyl (C=O) groups is 1. The highest BCUT2D eigenvalue weighted by Crippen LogP contribution is 2.46. The fraction of sp³-hybridized carbons (Fsp3) is 0.250. The highest BCUT2D eigenvalue weighted by molar-refractivity contribution is 6.08. The van der Waals surface area contributed by atoms with Crippen molar-refractivity contribution in [3.05, 3.63) is 76.9 Å². The molecule has 1 N–H and O–H groups in total. The molecule has 3 aromatic rings. The lowest BCUT2D eigenvalue weighted by molar-refractivity contribution is -0.120. The van der Waals surface area contributed by atoms with Crippen LogP contribution in [0.2, 0.25) is 0 Å². The molecule has 8 heteroatoms. The summed E-state index contributed by atoms with van der Waals surface area (Å²) in [5.74, 6) is 2.31. The molecule has 8 nitrogen and oxygen atoms in total. The Labute approximate surface area is 210 Å². The second-order valence-corrected chi connectivity index (χ2v) is 8.18. The number of allylic oxidation sites excluding steroid dienone is 2. The number of hydrogen-bond acceptors (Lipinski definition) is 7. The molecule has 0 saturated carbocycles. The number of nitrogens with zero attached hydrogens (tertiary/aromatic N) is 2. The first-order chi connectivity index (χ1) is 17.5. The molecule has 0 unspecified atom stereocenters. The molecule has 186 valence electrons. The van der Waals surface area contributed by atoms with E-state index in [4.69, 9.17) is 18.9 Å². The number of methoxy groups -OCH3 is 4. The zero-order valence-corrected chi connectivity index (χ0v) is 21.0. The van der Waals surface area contributed by atoms with Crippen LogP contribution in [-0.4, -0.2) is 44.3 Å². The predicted molar refractivity (Wildman–Crippen MR) is 138 cm³/mol. The van der Waals surface area contributed by atoms with Crippen LogP contribution >= 0.6 is 0 Å². The van der Waals surface area contributed by atoms with Gasteiger partial charge in [-0.3, -0.25) is 14.8 Å². The van der Waals surface area contributed by atoms with Crippen LogP contribution < -0.4 is 24.3 Å². The van der Waals surface area contributed by atoms with Gasteiger partial charge in [-0.2, -0.15) is 0 Å². The fourth-order valence-electron chi connectivity index (χ4n) is 4.30. The number of rotatable bonds is 9. The Kier molecular flexibility index (Phi) is 7.53. The number of carbonyl (C=O) groups excluding carboxylic acids is 1. The van der Waals surface area contributed by atoms with E-state index in [9.17, 15) is 4.79 Å². The Morgan fingerprint density at radius 3 is 2.31 bits per heavy atom. The Morgan fingerprint density at radius 2 is 1.69 bits per heavy atom. The molecule has 4 rings (SSSR count). The largest absolute Gasteiger partial charge is 0.497 e. The SMILES string of the molecule is COc1ccc2c(c1)C(CC(=O)NCc1cnccn1)=C(C)C2=Cc1cc(OC)c(OC)c(OC)c1. The molecule has 1 aliphatic rings. The van der Waals surface area contributed by atoms with Crippen LogP contribution in [-0.2, 0) is 11.3 Å². The quantitative estimate of drug-likeness (QED) is 0.474. The number of benzene rings is 2. The molecule has 0 fully saturated rings. The summed E-state index contributed by atoms with van der Waals surface area (Å²) < 4.78 is 22.0. The summed E-state index contributed by atoms with van der Waals surface area (Å²) in [7, 11) is 6.39. The van der Waals surface area contributed by atoms with E-state index in [1.54, 1.807) is 47.0 Å². The minimum Gasteiger partial charge on any atom is -0.497 e. The molecule has 2 aromatic carbocycles. The third-order valence-electron chi connectivity index (χ3n) is 6.12. The van der Waals surface area contributed by atoms with Crippen molar-refractivity contribution >= 4 is 23.1 Å². The van der Waals surface area contributed by atoms with Gasteiger partial charge in [0, 0.05) is 12.4 Å². The highest BCUT2D eigenvalue weighted by Gasteiger charge is 2.26. The predicted octanol–water partition coefficient (Wildman–Crippen LogP) is 4.55. The molecule has 1 amide bonds. The lowest BCUT2D eigenvalue weighted by atomic mass is 10.00. The third-order valence-corrected chi connectivity index (χ3v) is 6.12. The smallest absolute Gasteiger partial charge is 0.224 e. The summed E-state index contributed by atoms with van der Waals surface area (Å²) in [4.78, 5) is 21.1. The average Bonchev–Trinajstić information content (AvgIpc) is 3.16. The van der Waals surface area contributed by atoms with Crippen LogP contribution in [0.1, 0.15) is 35.7 Å². The molecule has 0 aliphatic heterocycles. The van der Waals surface area contributed by atoms with E-state index in [0.29, 0.717) is 29.5 Å². The number of ether oxygens (including phenoxy) is 4. The Morgan fingerprint density at radius 1 is 0.944 bits per heavy atom. The molecule has 1 aromatic heterocycles. The van der Waals surface area contributed by atoms with Crippen molar-refractivity contribution in [1.29, 1.82) is 0 Å². The molecule has 36 heavy (non-hydrogen) atoms. The van der Waals surface area contributed by atoms with Gasteiger partial charge in [0.1, 0.15) is 5.75 Å². The second-order valence-electron chi connectivity index (χ2n) is 8.18.